The number of anilines is 1. The van der Waals surface area contributed by atoms with Crippen molar-refractivity contribution in [3.63, 3.8) is 0 Å². The second-order valence-electron chi connectivity index (χ2n) is 4.62. The number of benzene rings is 2. The first-order chi connectivity index (χ1) is 10.2. The van der Waals surface area contributed by atoms with Crippen LogP contribution in [0.15, 0.2) is 48.5 Å². The molecule has 21 heavy (non-hydrogen) atoms. The van der Waals surface area contributed by atoms with Crippen LogP contribution < -0.4 is 10.1 Å². The highest BCUT2D eigenvalue weighted by Crippen LogP contribution is 2.24. The molecule has 0 aliphatic heterocycles. The van der Waals surface area contributed by atoms with E-state index >= 15 is 0 Å². The van der Waals surface area contributed by atoms with E-state index in [-0.39, 0.29) is 10.6 Å². The SMILES string of the molecule is CCCOc1cccc(CNc2ccccc2[N+](=O)[O-])c1. The van der Waals surface area contributed by atoms with E-state index < -0.39 is 0 Å². The van der Waals surface area contributed by atoms with Crippen LogP contribution in [0.25, 0.3) is 0 Å². The summed E-state index contributed by atoms with van der Waals surface area (Å²) in [4.78, 5) is 10.6. The average Bonchev–Trinajstić information content (AvgIpc) is 2.51. The molecule has 0 aromatic heterocycles. The number of hydrogen-bond acceptors (Lipinski definition) is 4. The van der Waals surface area contributed by atoms with E-state index in [1.54, 1.807) is 18.2 Å². The Morgan fingerprint density at radius 2 is 2.00 bits per heavy atom. The van der Waals surface area contributed by atoms with E-state index in [1.807, 2.05) is 24.3 Å². The number of para-hydroxylation sites is 2. The molecule has 2 aromatic rings. The summed E-state index contributed by atoms with van der Waals surface area (Å²) in [5.74, 6) is 0.818. The van der Waals surface area contributed by atoms with E-state index in [2.05, 4.69) is 12.2 Å². The van der Waals surface area contributed by atoms with E-state index in [4.69, 9.17) is 4.74 Å². The van der Waals surface area contributed by atoms with Crippen molar-refractivity contribution in [3.8, 4) is 5.75 Å². The van der Waals surface area contributed by atoms with Crippen LogP contribution in [0.2, 0.25) is 0 Å². The van der Waals surface area contributed by atoms with Gasteiger partial charge in [-0.15, -0.1) is 0 Å². The van der Waals surface area contributed by atoms with Crippen molar-refractivity contribution < 1.29 is 9.66 Å². The molecule has 0 amide bonds. The first-order valence-electron chi connectivity index (χ1n) is 6.89. The molecule has 2 rings (SSSR count). The highest BCUT2D eigenvalue weighted by molar-refractivity contribution is 5.61. The quantitative estimate of drug-likeness (QED) is 0.617. The zero-order valence-electron chi connectivity index (χ0n) is 11.9. The molecule has 0 saturated carbocycles. The number of rotatable bonds is 7. The van der Waals surface area contributed by atoms with Crippen molar-refractivity contribution >= 4 is 11.4 Å². The van der Waals surface area contributed by atoms with E-state index in [0.29, 0.717) is 18.8 Å². The highest BCUT2D eigenvalue weighted by Gasteiger charge is 2.11. The molecular formula is C16H18N2O3. The number of nitro groups is 1. The van der Waals surface area contributed by atoms with Gasteiger partial charge in [0, 0.05) is 12.6 Å². The molecule has 110 valence electrons. The minimum Gasteiger partial charge on any atom is -0.494 e. The highest BCUT2D eigenvalue weighted by atomic mass is 16.6. The van der Waals surface area contributed by atoms with Crippen molar-refractivity contribution in [1.29, 1.82) is 0 Å². The van der Waals surface area contributed by atoms with Gasteiger partial charge in [0.1, 0.15) is 11.4 Å². The van der Waals surface area contributed by atoms with Gasteiger partial charge in [-0.05, 0) is 30.2 Å². The summed E-state index contributed by atoms with van der Waals surface area (Å²) in [5, 5.41) is 14.0. The van der Waals surface area contributed by atoms with Crippen LogP contribution in [-0.4, -0.2) is 11.5 Å². The zero-order chi connectivity index (χ0) is 15.1. The first-order valence-corrected chi connectivity index (χ1v) is 6.89. The second kappa shape index (κ2) is 7.28. The van der Waals surface area contributed by atoms with Crippen molar-refractivity contribution in [2.45, 2.75) is 19.9 Å². The molecule has 1 N–H and O–H groups in total. The summed E-state index contributed by atoms with van der Waals surface area (Å²) < 4.78 is 5.57. The number of nitrogens with zero attached hydrogens (tertiary/aromatic N) is 1. The predicted molar refractivity (Wildman–Crippen MR) is 82.7 cm³/mol. The summed E-state index contributed by atoms with van der Waals surface area (Å²) >= 11 is 0. The van der Waals surface area contributed by atoms with Crippen LogP contribution in [0.4, 0.5) is 11.4 Å². The summed E-state index contributed by atoms with van der Waals surface area (Å²) in [6.45, 7) is 3.25. The Morgan fingerprint density at radius 1 is 1.19 bits per heavy atom. The summed E-state index contributed by atoms with van der Waals surface area (Å²) in [6.07, 6.45) is 0.957. The standard InChI is InChI=1S/C16H18N2O3/c1-2-10-21-14-7-5-6-13(11-14)12-17-15-8-3-4-9-16(15)18(19)20/h3-9,11,17H,2,10,12H2,1H3. The van der Waals surface area contributed by atoms with Crippen LogP contribution in [0.5, 0.6) is 5.75 Å². The number of nitrogens with one attached hydrogen (secondary N) is 1. The van der Waals surface area contributed by atoms with Gasteiger partial charge in [0.2, 0.25) is 0 Å². The van der Waals surface area contributed by atoms with Gasteiger partial charge in [-0.2, -0.15) is 0 Å². The smallest absolute Gasteiger partial charge is 0.292 e. The first kappa shape index (κ1) is 14.8. The van der Waals surface area contributed by atoms with Crippen LogP contribution in [0.1, 0.15) is 18.9 Å². The molecule has 0 saturated heterocycles. The Kier molecular flexibility index (Phi) is 5.15. The summed E-state index contributed by atoms with van der Waals surface area (Å²) in [6, 6.07) is 14.3. The van der Waals surface area contributed by atoms with Crippen LogP contribution in [0.3, 0.4) is 0 Å². The Morgan fingerprint density at radius 3 is 2.76 bits per heavy atom. The van der Waals surface area contributed by atoms with Crippen LogP contribution in [0, 0.1) is 10.1 Å². The fraction of sp³-hybridized carbons (Fsp3) is 0.250. The van der Waals surface area contributed by atoms with Gasteiger partial charge in [-0.1, -0.05) is 31.2 Å². The Hall–Kier alpha value is -2.56. The fourth-order valence-electron chi connectivity index (χ4n) is 1.94. The number of nitro benzene ring substituents is 1. The maximum atomic E-state index is 11.0. The van der Waals surface area contributed by atoms with E-state index in [0.717, 1.165) is 17.7 Å². The maximum absolute atomic E-state index is 11.0. The molecule has 2 aromatic carbocycles. The molecule has 0 radical (unpaired) electrons. The predicted octanol–water partition coefficient (Wildman–Crippen LogP) is 4.00. The maximum Gasteiger partial charge on any atom is 0.292 e. The third kappa shape index (κ3) is 4.21. The molecule has 0 atom stereocenters. The van der Waals surface area contributed by atoms with Crippen molar-refractivity contribution in [2.24, 2.45) is 0 Å². The zero-order valence-corrected chi connectivity index (χ0v) is 11.9. The lowest BCUT2D eigenvalue weighted by Crippen LogP contribution is -2.03. The van der Waals surface area contributed by atoms with Gasteiger partial charge < -0.3 is 10.1 Å². The average molecular weight is 286 g/mol. The molecule has 0 fully saturated rings. The molecule has 0 heterocycles. The third-order valence-corrected chi connectivity index (χ3v) is 2.96. The number of hydrogen-bond donors (Lipinski definition) is 1. The Labute approximate surface area is 123 Å². The Balaban J connectivity index is 2.05. The summed E-state index contributed by atoms with van der Waals surface area (Å²) in [7, 11) is 0. The Bertz CT molecular complexity index is 614. The van der Waals surface area contributed by atoms with Crippen molar-refractivity contribution in [1.82, 2.24) is 0 Å². The lowest BCUT2D eigenvalue weighted by Gasteiger charge is -2.09. The minimum absolute atomic E-state index is 0.0795. The van der Waals surface area contributed by atoms with E-state index in [1.165, 1.54) is 6.07 Å². The second-order valence-corrected chi connectivity index (χ2v) is 4.62. The molecule has 0 bridgehead atoms. The summed E-state index contributed by atoms with van der Waals surface area (Å²) in [5.41, 5.74) is 1.61. The largest absolute Gasteiger partial charge is 0.494 e. The van der Waals surface area contributed by atoms with Gasteiger partial charge in [0.15, 0.2) is 0 Å². The molecule has 5 nitrogen and oxygen atoms in total. The van der Waals surface area contributed by atoms with Gasteiger partial charge in [-0.25, -0.2) is 0 Å². The van der Waals surface area contributed by atoms with Gasteiger partial charge >= 0.3 is 0 Å². The third-order valence-electron chi connectivity index (χ3n) is 2.96. The topological polar surface area (TPSA) is 64.4 Å². The van der Waals surface area contributed by atoms with Crippen molar-refractivity contribution in [3.05, 3.63) is 64.2 Å². The monoisotopic (exact) mass is 286 g/mol. The lowest BCUT2D eigenvalue weighted by molar-refractivity contribution is -0.384. The van der Waals surface area contributed by atoms with Crippen LogP contribution in [-0.2, 0) is 6.54 Å². The van der Waals surface area contributed by atoms with Gasteiger partial charge in [0.25, 0.3) is 5.69 Å². The molecule has 0 unspecified atom stereocenters. The molecule has 5 heteroatoms. The lowest BCUT2D eigenvalue weighted by atomic mass is 10.2. The molecule has 0 spiro atoms. The van der Waals surface area contributed by atoms with Crippen LogP contribution >= 0.6 is 0 Å². The molecule has 0 aliphatic rings. The molecular weight excluding hydrogens is 268 g/mol. The molecule has 0 aliphatic carbocycles. The minimum atomic E-state index is -0.386. The van der Waals surface area contributed by atoms with Gasteiger partial charge in [-0.3, -0.25) is 10.1 Å². The number of ether oxygens (including phenoxy) is 1. The van der Waals surface area contributed by atoms with E-state index in [9.17, 15) is 10.1 Å². The fourth-order valence-corrected chi connectivity index (χ4v) is 1.94. The van der Waals surface area contributed by atoms with Gasteiger partial charge in [0.05, 0.1) is 11.5 Å². The normalized spacial score (nSPS) is 10.1. The van der Waals surface area contributed by atoms with Crippen molar-refractivity contribution in [2.75, 3.05) is 11.9 Å².